The number of hydrogen-bond acceptors (Lipinski definition) is 3. The van der Waals surface area contributed by atoms with Crippen LogP contribution in [0.15, 0.2) is 54.6 Å². The maximum atomic E-state index is 12.2. The molecule has 0 atom stereocenters. The third-order valence-electron chi connectivity index (χ3n) is 3.49. The summed E-state index contributed by atoms with van der Waals surface area (Å²) in [7, 11) is 0. The van der Waals surface area contributed by atoms with Gasteiger partial charge in [-0.2, -0.15) is 0 Å². The van der Waals surface area contributed by atoms with E-state index in [4.69, 9.17) is 23.8 Å². The zero-order valence-electron chi connectivity index (χ0n) is 14.8. The zero-order chi connectivity index (χ0) is 19.6. The molecule has 0 aliphatic heterocycles. The first kappa shape index (κ1) is 20.6. The van der Waals surface area contributed by atoms with E-state index in [1.165, 1.54) is 6.08 Å². The average molecular weight is 402 g/mol. The molecule has 0 spiro atoms. The molecule has 0 fully saturated rings. The first-order valence-electron chi connectivity index (χ1n) is 8.42. The van der Waals surface area contributed by atoms with Crippen LogP contribution >= 0.6 is 23.8 Å². The van der Waals surface area contributed by atoms with Crippen LogP contribution in [-0.2, 0) is 4.79 Å². The molecule has 0 heterocycles. The van der Waals surface area contributed by atoms with Crippen LogP contribution in [-0.4, -0.2) is 23.5 Å². The summed E-state index contributed by atoms with van der Waals surface area (Å²) in [6.45, 7) is 2.57. The summed E-state index contributed by atoms with van der Waals surface area (Å²) < 4.78 is 0. The van der Waals surface area contributed by atoms with E-state index in [-0.39, 0.29) is 16.9 Å². The molecule has 0 aliphatic carbocycles. The lowest BCUT2D eigenvalue weighted by molar-refractivity contribution is -0.115. The van der Waals surface area contributed by atoms with Gasteiger partial charge in [0.25, 0.3) is 5.91 Å². The van der Waals surface area contributed by atoms with Crippen molar-refractivity contribution in [2.45, 2.75) is 13.3 Å². The van der Waals surface area contributed by atoms with E-state index in [0.717, 1.165) is 12.0 Å². The van der Waals surface area contributed by atoms with Crippen molar-refractivity contribution in [2.24, 2.45) is 0 Å². The standard InChI is InChI=1S/C20H20ClN3O2S/c1-2-13-22-19(26)16-5-3-4-6-17(16)23-20(27)24-18(25)12-9-14-7-10-15(21)11-8-14/h3-12H,2,13H2,1H3,(H,22,26)(H2,23,24,25,27)/b12-9+. The van der Waals surface area contributed by atoms with Crippen molar-refractivity contribution in [1.29, 1.82) is 0 Å². The molecule has 0 saturated heterocycles. The Kier molecular flexibility index (Phi) is 7.98. The lowest BCUT2D eigenvalue weighted by Crippen LogP contribution is -2.34. The number of benzene rings is 2. The molecule has 0 saturated carbocycles. The highest BCUT2D eigenvalue weighted by molar-refractivity contribution is 7.80. The van der Waals surface area contributed by atoms with Crippen molar-refractivity contribution >= 4 is 52.5 Å². The fourth-order valence-electron chi connectivity index (χ4n) is 2.18. The summed E-state index contributed by atoms with van der Waals surface area (Å²) in [6.07, 6.45) is 3.87. The number of amides is 2. The van der Waals surface area contributed by atoms with Gasteiger partial charge in [-0.1, -0.05) is 42.8 Å². The highest BCUT2D eigenvalue weighted by atomic mass is 35.5. The summed E-state index contributed by atoms with van der Waals surface area (Å²) in [5.41, 5.74) is 1.82. The van der Waals surface area contributed by atoms with Crippen LogP contribution in [0.5, 0.6) is 0 Å². The fourth-order valence-corrected chi connectivity index (χ4v) is 2.51. The minimum Gasteiger partial charge on any atom is -0.352 e. The number of nitrogens with one attached hydrogen (secondary N) is 3. The van der Waals surface area contributed by atoms with Crippen LogP contribution < -0.4 is 16.0 Å². The number of rotatable bonds is 6. The molecule has 0 radical (unpaired) electrons. The number of para-hydroxylation sites is 1. The molecule has 3 N–H and O–H groups in total. The maximum absolute atomic E-state index is 12.2. The van der Waals surface area contributed by atoms with Crippen LogP contribution in [0.2, 0.25) is 5.02 Å². The van der Waals surface area contributed by atoms with Crippen molar-refractivity contribution in [3.05, 3.63) is 70.8 Å². The quantitative estimate of drug-likeness (QED) is 0.505. The Balaban J connectivity index is 1.96. The second-order valence-electron chi connectivity index (χ2n) is 5.63. The van der Waals surface area contributed by atoms with Gasteiger partial charge in [0.2, 0.25) is 5.91 Å². The maximum Gasteiger partial charge on any atom is 0.253 e. The molecule has 0 aliphatic rings. The van der Waals surface area contributed by atoms with E-state index >= 15 is 0 Å². The Morgan fingerprint density at radius 2 is 1.81 bits per heavy atom. The molecule has 2 rings (SSSR count). The van der Waals surface area contributed by atoms with Gasteiger partial charge in [0.15, 0.2) is 5.11 Å². The summed E-state index contributed by atoms with van der Waals surface area (Å²) in [6, 6.07) is 14.0. The van der Waals surface area contributed by atoms with Gasteiger partial charge in [-0.3, -0.25) is 14.9 Å². The van der Waals surface area contributed by atoms with Crippen molar-refractivity contribution < 1.29 is 9.59 Å². The molecule has 140 valence electrons. The largest absolute Gasteiger partial charge is 0.352 e. The van der Waals surface area contributed by atoms with E-state index in [2.05, 4.69) is 16.0 Å². The van der Waals surface area contributed by atoms with Gasteiger partial charge in [0.05, 0.1) is 11.3 Å². The molecule has 2 amide bonds. The third kappa shape index (κ3) is 6.84. The molecule has 0 unspecified atom stereocenters. The molecule has 7 heteroatoms. The topological polar surface area (TPSA) is 70.2 Å². The second-order valence-corrected chi connectivity index (χ2v) is 6.47. The molecule has 5 nitrogen and oxygen atoms in total. The van der Waals surface area contributed by atoms with Crippen molar-refractivity contribution in [3.63, 3.8) is 0 Å². The Labute approximate surface area is 168 Å². The Hall–Kier alpha value is -2.70. The van der Waals surface area contributed by atoms with Gasteiger partial charge < -0.3 is 10.6 Å². The summed E-state index contributed by atoms with van der Waals surface area (Å²) in [4.78, 5) is 24.2. The SMILES string of the molecule is CCCNC(=O)c1ccccc1NC(=S)NC(=O)/C=C/c1ccc(Cl)cc1. The van der Waals surface area contributed by atoms with Gasteiger partial charge in [-0.05, 0) is 54.5 Å². The van der Waals surface area contributed by atoms with E-state index in [1.54, 1.807) is 54.6 Å². The molecule has 0 bridgehead atoms. The first-order valence-corrected chi connectivity index (χ1v) is 9.21. The number of anilines is 1. The molecule has 0 aromatic heterocycles. The lowest BCUT2D eigenvalue weighted by atomic mass is 10.1. The molecule has 27 heavy (non-hydrogen) atoms. The molecule has 2 aromatic rings. The predicted octanol–water partition coefficient (Wildman–Crippen LogP) is 4.01. The Morgan fingerprint density at radius 3 is 2.52 bits per heavy atom. The highest BCUT2D eigenvalue weighted by Crippen LogP contribution is 2.15. The predicted molar refractivity (Wildman–Crippen MR) is 114 cm³/mol. The van der Waals surface area contributed by atoms with E-state index in [9.17, 15) is 9.59 Å². The zero-order valence-corrected chi connectivity index (χ0v) is 16.4. The molecular weight excluding hydrogens is 382 g/mol. The van der Waals surface area contributed by atoms with Crippen LogP contribution in [0, 0.1) is 0 Å². The minimum atomic E-state index is -0.379. The highest BCUT2D eigenvalue weighted by Gasteiger charge is 2.11. The van der Waals surface area contributed by atoms with Crippen LogP contribution in [0.25, 0.3) is 6.08 Å². The average Bonchev–Trinajstić information content (AvgIpc) is 2.66. The van der Waals surface area contributed by atoms with Gasteiger partial charge in [0, 0.05) is 17.6 Å². The van der Waals surface area contributed by atoms with E-state index < -0.39 is 0 Å². The van der Waals surface area contributed by atoms with Crippen molar-refractivity contribution in [2.75, 3.05) is 11.9 Å². The van der Waals surface area contributed by atoms with E-state index in [0.29, 0.717) is 22.8 Å². The monoisotopic (exact) mass is 401 g/mol. The molecule has 2 aromatic carbocycles. The van der Waals surface area contributed by atoms with Gasteiger partial charge in [0.1, 0.15) is 0 Å². The first-order chi connectivity index (χ1) is 13.0. The van der Waals surface area contributed by atoms with Crippen molar-refractivity contribution in [1.82, 2.24) is 10.6 Å². The number of carbonyl (C=O) groups excluding carboxylic acids is 2. The van der Waals surface area contributed by atoms with Gasteiger partial charge in [-0.15, -0.1) is 0 Å². The Morgan fingerprint density at radius 1 is 1.11 bits per heavy atom. The third-order valence-corrected chi connectivity index (χ3v) is 3.95. The summed E-state index contributed by atoms with van der Waals surface area (Å²) >= 11 is 11.0. The van der Waals surface area contributed by atoms with Crippen molar-refractivity contribution in [3.8, 4) is 0 Å². The van der Waals surface area contributed by atoms with Crippen LogP contribution in [0.1, 0.15) is 29.3 Å². The van der Waals surface area contributed by atoms with Gasteiger partial charge >= 0.3 is 0 Å². The number of hydrogen-bond donors (Lipinski definition) is 3. The fraction of sp³-hybridized carbons (Fsp3) is 0.150. The summed E-state index contributed by atoms with van der Waals surface area (Å²) in [5.74, 6) is -0.577. The minimum absolute atomic E-state index is 0.108. The molecular formula is C20H20ClN3O2S. The number of thiocarbonyl (C=S) groups is 1. The van der Waals surface area contributed by atoms with E-state index in [1.807, 2.05) is 6.92 Å². The number of halogens is 1. The normalized spacial score (nSPS) is 10.4. The van der Waals surface area contributed by atoms with Crippen LogP contribution in [0.4, 0.5) is 5.69 Å². The van der Waals surface area contributed by atoms with Gasteiger partial charge in [-0.25, -0.2) is 0 Å². The van der Waals surface area contributed by atoms with Crippen LogP contribution in [0.3, 0.4) is 0 Å². The number of carbonyl (C=O) groups is 2. The smallest absolute Gasteiger partial charge is 0.253 e. The summed E-state index contributed by atoms with van der Waals surface area (Å²) in [5, 5.41) is 9.00. The second kappa shape index (κ2) is 10.4. The Bertz CT molecular complexity index is 851. The lowest BCUT2D eigenvalue weighted by Gasteiger charge is -2.12.